The summed E-state index contributed by atoms with van der Waals surface area (Å²) in [4.78, 5) is 12.3. The van der Waals surface area contributed by atoms with Crippen molar-refractivity contribution in [2.75, 3.05) is 12.1 Å². The molecule has 0 fully saturated rings. The molecule has 27 heavy (non-hydrogen) atoms. The largest absolute Gasteiger partial charge is 0.454 e. The molecule has 0 aliphatic carbocycles. The van der Waals surface area contributed by atoms with E-state index in [9.17, 15) is 4.79 Å². The van der Waals surface area contributed by atoms with E-state index >= 15 is 0 Å². The first-order valence-corrected chi connectivity index (χ1v) is 9.05. The molecule has 136 valence electrons. The molecule has 0 saturated carbocycles. The molecule has 5 rings (SSSR count). The second-order valence-electron chi connectivity index (χ2n) is 6.62. The second-order valence-corrected chi connectivity index (χ2v) is 7.03. The predicted octanol–water partition coefficient (Wildman–Crippen LogP) is 3.79. The SMILES string of the molecule is O=C1CC(c2ccccc2Cl)c2cnn(Cc3ccc4c(c3)OCO4)c2N1. The smallest absolute Gasteiger partial charge is 0.231 e. The molecule has 1 aromatic heterocycles. The lowest BCUT2D eigenvalue weighted by atomic mass is 9.87. The average molecular weight is 382 g/mol. The summed E-state index contributed by atoms with van der Waals surface area (Å²) >= 11 is 6.38. The number of hydrogen-bond donors (Lipinski definition) is 1. The van der Waals surface area contributed by atoms with Crippen molar-refractivity contribution in [3.05, 3.63) is 70.4 Å². The Morgan fingerprint density at radius 1 is 1.15 bits per heavy atom. The highest BCUT2D eigenvalue weighted by Gasteiger charge is 2.31. The lowest BCUT2D eigenvalue weighted by Crippen LogP contribution is -2.25. The summed E-state index contributed by atoms with van der Waals surface area (Å²) in [7, 11) is 0. The highest BCUT2D eigenvalue weighted by molar-refractivity contribution is 6.31. The minimum atomic E-state index is -0.104. The van der Waals surface area contributed by atoms with E-state index in [1.54, 1.807) is 4.68 Å². The molecule has 0 radical (unpaired) electrons. The molecule has 2 aromatic carbocycles. The van der Waals surface area contributed by atoms with Gasteiger partial charge in [-0.3, -0.25) is 4.79 Å². The lowest BCUT2D eigenvalue weighted by molar-refractivity contribution is -0.116. The number of carbonyl (C=O) groups is 1. The molecule has 7 heteroatoms. The maximum atomic E-state index is 12.3. The summed E-state index contributed by atoms with van der Waals surface area (Å²) in [6.07, 6.45) is 2.17. The van der Waals surface area contributed by atoms with Gasteiger partial charge in [0, 0.05) is 22.9 Å². The van der Waals surface area contributed by atoms with Crippen LogP contribution in [0.1, 0.15) is 29.0 Å². The minimum Gasteiger partial charge on any atom is -0.454 e. The van der Waals surface area contributed by atoms with Gasteiger partial charge in [0.25, 0.3) is 0 Å². The quantitative estimate of drug-likeness (QED) is 0.749. The molecule has 6 nitrogen and oxygen atoms in total. The predicted molar refractivity (Wildman–Crippen MR) is 100 cm³/mol. The molecule has 0 saturated heterocycles. The highest BCUT2D eigenvalue weighted by atomic mass is 35.5. The number of ether oxygens (including phenoxy) is 2. The van der Waals surface area contributed by atoms with Gasteiger partial charge in [0.1, 0.15) is 5.82 Å². The number of nitrogens with zero attached hydrogens (tertiary/aromatic N) is 2. The number of nitrogens with one attached hydrogen (secondary N) is 1. The summed E-state index contributed by atoms with van der Waals surface area (Å²) in [6.45, 7) is 0.757. The van der Waals surface area contributed by atoms with E-state index in [4.69, 9.17) is 21.1 Å². The van der Waals surface area contributed by atoms with Crippen molar-refractivity contribution < 1.29 is 14.3 Å². The van der Waals surface area contributed by atoms with Gasteiger partial charge < -0.3 is 14.8 Å². The van der Waals surface area contributed by atoms with Crippen molar-refractivity contribution in [2.24, 2.45) is 0 Å². The normalized spacial score (nSPS) is 17.5. The van der Waals surface area contributed by atoms with E-state index in [-0.39, 0.29) is 18.6 Å². The number of carbonyl (C=O) groups excluding carboxylic acids is 1. The van der Waals surface area contributed by atoms with E-state index in [0.717, 1.165) is 28.2 Å². The number of anilines is 1. The Hall–Kier alpha value is -2.99. The number of rotatable bonds is 3. The van der Waals surface area contributed by atoms with E-state index < -0.39 is 0 Å². The van der Waals surface area contributed by atoms with Crippen molar-refractivity contribution >= 4 is 23.3 Å². The van der Waals surface area contributed by atoms with Crippen LogP contribution in [0.3, 0.4) is 0 Å². The van der Waals surface area contributed by atoms with Gasteiger partial charge in [0.2, 0.25) is 12.7 Å². The van der Waals surface area contributed by atoms with Gasteiger partial charge in [-0.1, -0.05) is 35.9 Å². The van der Waals surface area contributed by atoms with Crippen LogP contribution >= 0.6 is 11.6 Å². The number of fused-ring (bicyclic) bond motifs is 2. The molecule has 1 N–H and O–H groups in total. The van der Waals surface area contributed by atoms with Gasteiger partial charge in [0.05, 0.1) is 12.7 Å². The Morgan fingerprint density at radius 2 is 2.00 bits per heavy atom. The van der Waals surface area contributed by atoms with E-state index in [0.29, 0.717) is 23.8 Å². The van der Waals surface area contributed by atoms with Crippen molar-refractivity contribution in [3.63, 3.8) is 0 Å². The molecule has 0 bridgehead atoms. The molecule has 1 atom stereocenters. The second kappa shape index (κ2) is 6.32. The van der Waals surface area contributed by atoms with E-state index in [1.165, 1.54) is 0 Å². The van der Waals surface area contributed by atoms with Crippen LogP contribution in [-0.2, 0) is 11.3 Å². The molecule has 2 aliphatic rings. The zero-order chi connectivity index (χ0) is 18.4. The van der Waals surface area contributed by atoms with Crippen LogP contribution in [0.4, 0.5) is 5.82 Å². The highest BCUT2D eigenvalue weighted by Crippen LogP contribution is 2.40. The third kappa shape index (κ3) is 2.82. The fourth-order valence-corrected chi connectivity index (χ4v) is 3.90. The van der Waals surface area contributed by atoms with E-state index in [1.807, 2.05) is 48.7 Å². The van der Waals surface area contributed by atoms with Gasteiger partial charge in [0.15, 0.2) is 11.5 Å². The number of hydrogen-bond acceptors (Lipinski definition) is 4. The van der Waals surface area contributed by atoms with E-state index in [2.05, 4.69) is 10.4 Å². The van der Waals surface area contributed by atoms with Crippen LogP contribution in [-0.4, -0.2) is 22.5 Å². The zero-order valence-corrected chi connectivity index (χ0v) is 15.1. The number of benzene rings is 2. The Morgan fingerprint density at radius 3 is 2.89 bits per heavy atom. The lowest BCUT2D eigenvalue weighted by Gasteiger charge is -2.24. The standard InChI is InChI=1S/C20H16ClN3O3/c21-16-4-2-1-3-13(16)14-8-19(25)23-20-15(14)9-22-24(20)10-12-5-6-17-18(7-12)27-11-26-17/h1-7,9,14H,8,10-11H2,(H,23,25). The first-order valence-electron chi connectivity index (χ1n) is 8.67. The monoisotopic (exact) mass is 381 g/mol. The topological polar surface area (TPSA) is 65.4 Å². The third-order valence-corrected chi connectivity index (χ3v) is 5.28. The average Bonchev–Trinajstić information content (AvgIpc) is 3.28. The van der Waals surface area contributed by atoms with Gasteiger partial charge in [-0.15, -0.1) is 0 Å². The summed E-state index contributed by atoms with van der Waals surface area (Å²) in [5.74, 6) is 2.04. The van der Waals surface area contributed by atoms with Gasteiger partial charge in [-0.25, -0.2) is 4.68 Å². The Bertz CT molecular complexity index is 1050. The molecule has 1 amide bonds. The third-order valence-electron chi connectivity index (χ3n) is 4.94. The Labute approximate surface area is 160 Å². The number of amides is 1. The minimum absolute atomic E-state index is 0.0418. The Kier molecular flexibility index (Phi) is 3.79. The molecule has 3 heterocycles. The van der Waals surface area contributed by atoms with Crippen LogP contribution in [0.2, 0.25) is 5.02 Å². The summed E-state index contributed by atoms with van der Waals surface area (Å²) in [6, 6.07) is 13.4. The maximum absolute atomic E-state index is 12.3. The van der Waals surface area contributed by atoms with Crippen molar-refractivity contribution in [2.45, 2.75) is 18.9 Å². The Balaban J connectivity index is 1.50. The molecule has 1 unspecified atom stereocenters. The maximum Gasteiger partial charge on any atom is 0.231 e. The van der Waals surface area contributed by atoms with Crippen LogP contribution in [0.5, 0.6) is 11.5 Å². The van der Waals surface area contributed by atoms with Crippen LogP contribution < -0.4 is 14.8 Å². The first-order chi connectivity index (χ1) is 13.2. The van der Waals surface area contributed by atoms with Crippen LogP contribution in [0.15, 0.2) is 48.7 Å². The van der Waals surface area contributed by atoms with Gasteiger partial charge in [-0.05, 0) is 29.3 Å². The summed E-state index contributed by atoms with van der Waals surface area (Å²) in [5.41, 5.74) is 2.93. The summed E-state index contributed by atoms with van der Waals surface area (Å²) in [5, 5.41) is 8.14. The molecule has 3 aromatic rings. The fourth-order valence-electron chi connectivity index (χ4n) is 3.64. The van der Waals surface area contributed by atoms with Crippen molar-refractivity contribution in [1.82, 2.24) is 9.78 Å². The van der Waals surface area contributed by atoms with Crippen molar-refractivity contribution in [3.8, 4) is 11.5 Å². The van der Waals surface area contributed by atoms with Crippen LogP contribution in [0.25, 0.3) is 0 Å². The van der Waals surface area contributed by atoms with Gasteiger partial charge in [-0.2, -0.15) is 5.10 Å². The summed E-state index contributed by atoms with van der Waals surface area (Å²) < 4.78 is 12.6. The fraction of sp³-hybridized carbons (Fsp3) is 0.200. The zero-order valence-electron chi connectivity index (χ0n) is 14.3. The molecule has 2 aliphatic heterocycles. The molecular formula is C20H16ClN3O3. The van der Waals surface area contributed by atoms with Crippen molar-refractivity contribution in [1.29, 1.82) is 0 Å². The number of aromatic nitrogens is 2. The first kappa shape index (κ1) is 16.2. The van der Waals surface area contributed by atoms with Gasteiger partial charge >= 0.3 is 0 Å². The van der Waals surface area contributed by atoms with Crippen LogP contribution in [0, 0.1) is 0 Å². The molecule has 0 spiro atoms. The number of halogens is 1. The molecular weight excluding hydrogens is 366 g/mol.